The van der Waals surface area contributed by atoms with Crippen LogP contribution in [0, 0.1) is 5.82 Å². The molecule has 0 amide bonds. The molecule has 0 atom stereocenters. The second-order valence-electron chi connectivity index (χ2n) is 3.37. The molecule has 1 aromatic rings. The highest BCUT2D eigenvalue weighted by atomic mass is 35.5. The maximum atomic E-state index is 13.0. The number of aliphatic hydroxyl groups excluding tert-OH is 1. The smallest absolute Gasteiger partial charge is 0.282 e. The molecule has 0 fully saturated rings. The normalized spacial score (nSPS) is 11.8. The van der Waals surface area contributed by atoms with Gasteiger partial charge in [0.25, 0.3) is 5.92 Å². The van der Waals surface area contributed by atoms with Crippen LogP contribution in [0.3, 0.4) is 0 Å². The van der Waals surface area contributed by atoms with E-state index in [1.165, 1.54) is 18.2 Å². The average molecular weight is 254 g/mol. The van der Waals surface area contributed by atoms with E-state index in [0.29, 0.717) is 5.56 Å². The summed E-state index contributed by atoms with van der Waals surface area (Å²) >= 11 is 5.46. The van der Waals surface area contributed by atoms with Gasteiger partial charge >= 0.3 is 0 Å². The predicted molar refractivity (Wildman–Crippen MR) is 55.1 cm³/mol. The van der Waals surface area contributed by atoms with Gasteiger partial charge in [0.2, 0.25) is 0 Å². The van der Waals surface area contributed by atoms with E-state index in [1.807, 2.05) is 0 Å². The summed E-state index contributed by atoms with van der Waals surface area (Å²) in [6.45, 7) is -1.79. The van der Waals surface area contributed by atoms with E-state index in [4.69, 9.17) is 16.7 Å². The molecule has 0 saturated carbocycles. The molecule has 0 bridgehead atoms. The third-order valence-electron chi connectivity index (χ3n) is 1.93. The van der Waals surface area contributed by atoms with Crippen LogP contribution in [0.1, 0.15) is 5.56 Å². The lowest BCUT2D eigenvalue weighted by Crippen LogP contribution is -2.35. The standard InChI is InChI=1S/C10H11ClF3NO/c11-8-2-1-7(3-9(8)12)4-15-5-10(13,14)6-16/h1-3,15-16H,4-6H2. The fraction of sp³-hybridized carbons (Fsp3) is 0.400. The van der Waals surface area contributed by atoms with Crippen molar-refractivity contribution in [2.45, 2.75) is 12.5 Å². The summed E-state index contributed by atoms with van der Waals surface area (Å²) in [6, 6.07) is 4.07. The Hall–Kier alpha value is -0.780. The molecule has 0 heterocycles. The van der Waals surface area contributed by atoms with Gasteiger partial charge in [-0.25, -0.2) is 13.2 Å². The van der Waals surface area contributed by atoms with E-state index in [0.717, 1.165) is 0 Å². The summed E-state index contributed by atoms with van der Waals surface area (Å²) in [5.41, 5.74) is 0.510. The molecule has 2 nitrogen and oxygen atoms in total. The number of nitrogens with one attached hydrogen (secondary N) is 1. The monoisotopic (exact) mass is 253 g/mol. The fourth-order valence-electron chi connectivity index (χ4n) is 1.10. The third-order valence-corrected chi connectivity index (χ3v) is 2.23. The molecule has 6 heteroatoms. The van der Waals surface area contributed by atoms with Gasteiger partial charge in [-0.15, -0.1) is 0 Å². The Morgan fingerprint density at radius 2 is 2.06 bits per heavy atom. The van der Waals surface area contributed by atoms with Gasteiger partial charge in [-0.2, -0.15) is 0 Å². The summed E-state index contributed by atoms with van der Waals surface area (Å²) < 4.78 is 38.1. The SMILES string of the molecule is OCC(F)(F)CNCc1ccc(Cl)c(F)c1. The first-order chi connectivity index (χ1) is 7.44. The van der Waals surface area contributed by atoms with Crippen molar-refractivity contribution in [3.05, 3.63) is 34.6 Å². The first-order valence-electron chi connectivity index (χ1n) is 4.58. The van der Waals surface area contributed by atoms with Crippen LogP contribution < -0.4 is 5.32 Å². The molecule has 0 saturated heterocycles. The lowest BCUT2D eigenvalue weighted by atomic mass is 10.2. The minimum absolute atomic E-state index is 0.00978. The largest absolute Gasteiger partial charge is 0.390 e. The zero-order valence-electron chi connectivity index (χ0n) is 8.31. The number of hydrogen-bond acceptors (Lipinski definition) is 2. The first kappa shape index (κ1) is 13.3. The van der Waals surface area contributed by atoms with Crippen molar-refractivity contribution in [1.29, 1.82) is 0 Å². The van der Waals surface area contributed by atoms with Gasteiger partial charge in [0.05, 0.1) is 11.6 Å². The van der Waals surface area contributed by atoms with Crippen molar-refractivity contribution in [2.75, 3.05) is 13.2 Å². The predicted octanol–water partition coefficient (Wildman–Crippen LogP) is 2.20. The topological polar surface area (TPSA) is 32.3 Å². The summed E-state index contributed by atoms with van der Waals surface area (Å²) in [6.07, 6.45) is 0. The Morgan fingerprint density at radius 1 is 1.38 bits per heavy atom. The van der Waals surface area contributed by atoms with E-state index < -0.39 is 24.9 Å². The van der Waals surface area contributed by atoms with Crippen molar-refractivity contribution in [3.8, 4) is 0 Å². The molecule has 16 heavy (non-hydrogen) atoms. The van der Waals surface area contributed by atoms with Gasteiger partial charge in [0.1, 0.15) is 12.4 Å². The van der Waals surface area contributed by atoms with Crippen LogP contribution in [0.25, 0.3) is 0 Å². The number of benzene rings is 1. The quantitative estimate of drug-likeness (QED) is 0.843. The van der Waals surface area contributed by atoms with Crippen molar-refractivity contribution in [3.63, 3.8) is 0 Å². The van der Waals surface area contributed by atoms with Crippen LogP contribution in [0.15, 0.2) is 18.2 Å². The van der Waals surface area contributed by atoms with E-state index in [-0.39, 0.29) is 11.6 Å². The molecular weight excluding hydrogens is 243 g/mol. The summed E-state index contributed by atoms with van der Waals surface area (Å²) in [7, 11) is 0. The Labute approximate surface area is 96.0 Å². The molecule has 0 radical (unpaired) electrons. The first-order valence-corrected chi connectivity index (χ1v) is 4.96. The summed E-state index contributed by atoms with van der Waals surface area (Å²) in [5, 5.41) is 10.7. The van der Waals surface area contributed by atoms with E-state index >= 15 is 0 Å². The van der Waals surface area contributed by atoms with E-state index in [1.54, 1.807) is 0 Å². The van der Waals surface area contributed by atoms with Crippen molar-refractivity contribution in [1.82, 2.24) is 5.32 Å². The zero-order chi connectivity index (χ0) is 12.2. The molecule has 0 aromatic heterocycles. The number of aliphatic hydroxyl groups is 1. The highest BCUT2D eigenvalue weighted by molar-refractivity contribution is 6.30. The number of hydrogen-bond donors (Lipinski definition) is 2. The molecule has 90 valence electrons. The van der Waals surface area contributed by atoms with Gasteiger partial charge < -0.3 is 10.4 Å². The molecule has 0 aliphatic heterocycles. The molecule has 0 spiro atoms. The Morgan fingerprint density at radius 3 is 2.62 bits per heavy atom. The maximum Gasteiger partial charge on any atom is 0.282 e. The summed E-state index contributed by atoms with van der Waals surface area (Å²) in [5.74, 6) is -3.75. The van der Waals surface area contributed by atoms with Gasteiger partial charge in [-0.05, 0) is 17.7 Å². The van der Waals surface area contributed by atoms with E-state index in [2.05, 4.69) is 5.32 Å². The Kier molecular flexibility index (Phi) is 4.58. The molecule has 2 N–H and O–H groups in total. The van der Waals surface area contributed by atoms with Crippen LogP contribution in [-0.4, -0.2) is 24.2 Å². The number of halogens is 4. The fourth-order valence-corrected chi connectivity index (χ4v) is 1.21. The minimum Gasteiger partial charge on any atom is -0.390 e. The lowest BCUT2D eigenvalue weighted by molar-refractivity contribution is -0.0477. The second kappa shape index (κ2) is 5.52. The molecule has 1 rings (SSSR count). The molecule has 0 unspecified atom stereocenters. The minimum atomic E-state index is -3.16. The average Bonchev–Trinajstić information content (AvgIpc) is 2.23. The Balaban J connectivity index is 2.46. The summed E-state index contributed by atoms with van der Waals surface area (Å²) in [4.78, 5) is 0. The Bertz CT molecular complexity index is 360. The molecule has 0 aliphatic rings. The van der Waals surface area contributed by atoms with Gasteiger partial charge in [0, 0.05) is 6.54 Å². The van der Waals surface area contributed by atoms with Crippen LogP contribution in [-0.2, 0) is 6.54 Å². The van der Waals surface area contributed by atoms with Crippen LogP contribution >= 0.6 is 11.6 Å². The van der Waals surface area contributed by atoms with E-state index in [9.17, 15) is 13.2 Å². The maximum absolute atomic E-state index is 13.0. The highest BCUT2D eigenvalue weighted by Gasteiger charge is 2.26. The molecule has 0 aliphatic carbocycles. The zero-order valence-corrected chi connectivity index (χ0v) is 9.07. The second-order valence-corrected chi connectivity index (χ2v) is 3.77. The van der Waals surface area contributed by atoms with Crippen LogP contribution in [0.5, 0.6) is 0 Å². The van der Waals surface area contributed by atoms with Crippen LogP contribution in [0.4, 0.5) is 13.2 Å². The van der Waals surface area contributed by atoms with Crippen molar-refractivity contribution in [2.24, 2.45) is 0 Å². The number of alkyl halides is 2. The van der Waals surface area contributed by atoms with Crippen LogP contribution in [0.2, 0.25) is 5.02 Å². The van der Waals surface area contributed by atoms with Gasteiger partial charge in [0.15, 0.2) is 0 Å². The van der Waals surface area contributed by atoms with Crippen molar-refractivity contribution >= 4 is 11.6 Å². The third kappa shape index (κ3) is 4.00. The van der Waals surface area contributed by atoms with Gasteiger partial charge in [-0.1, -0.05) is 17.7 Å². The highest BCUT2D eigenvalue weighted by Crippen LogP contribution is 2.16. The number of rotatable bonds is 5. The molecular formula is C10H11ClF3NO. The lowest BCUT2D eigenvalue weighted by Gasteiger charge is -2.13. The van der Waals surface area contributed by atoms with Crippen molar-refractivity contribution < 1.29 is 18.3 Å². The van der Waals surface area contributed by atoms with Gasteiger partial charge in [-0.3, -0.25) is 0 Å². The molecule has 1 aromatic carbocycles.